The Hall–Kier alpha value is -3.32. The molecule has 0 saturated carbocycles. The fourth-order valence-electron chi connectivity index (χ4n) is 3.39. The minimum absolute atomic E-state index is 0.231. The van der Waals surface area contributed by atoms with Crippen LogP contribution in [-0.2, 0) is 0 Å². The number of imide groups is 2. The molecule has 4 rings (SSSR count). The molecule has 0 atom stereocenters. The van der Waals surface area contributed by atoms with E-state index in [9.17, 15) is 19.2 Å². The first-order valence-electron chi connectivity index (χ1n) is 8.71. The van der Waals surface area contributed by atoms with E-state index in [2.05, 4.69) is 5.32 Å². The molecule has 136 valence electrons. The highest BCUT2D eigenvalue weighted by Crippen LogP contribution is 2.22. The van der Waals surface area contributed by atoms with Crippen molar-refractivity contribution in [2.45, 2.75) is 0 Å². The minimum Gasteiger partial charge on any atom is -0.313 e. The number of carbonyl (C=O) groups excluding carboxylic acids is 4. The van der Waals surface area contributed by atoms with Gasteiger partial charge in [-0.1, -0.05) is 24.3 Å². The molecule has 2 heterocycles. The molecule has 0 fully saturated rings. The van der Waals surface area contributed by atoms with E-state index in [1.54, 1.807) is 48.5 Å². The molecule has 0 spiro atoms. The van der Waals surface area contributed by atoms with Crippen LogP contribution in [0.4, 0.5) is 0 Å². The van der Waals surface area contributed by atoms with Gasteiger partial charge >= 0.3 is 0 Å². The number of nitrogens with one attached hydrogen (secondary N) is 1. The van der Waals surface area contributed by atoms with Crippen molar-refractivity contribution in [1.29, 1.82) is 0 Å². The summed E-state index contributed by atoms with van der Waals surface area (Å²) in [6, 6.07) is 13.5. The summed E-state index contributed by atoms with van der Waals surface area (Å²) in [6.07, 6.45) is 0. The predicted octanol–water partition coefficient (Wildman–Crippen LogP) is 1.17. The van der Waals surface area contributed by atoms with Crippen molar-refractivity contribution in [3.05, 3.63) is 70.8 Å². The fourth-order valence-corrected chi connectivity index (χ4v) is 3.39. The Bertz CT molecular complexity index is 822. The van der Waals surface area contributed by atoms with Gasteiger partial charge in [-0.05, 0) is 24.3 Å². The van der Waals surface area contributed by atoms with E-state index >= 15 is 0 Å². The van der Waals surface area contributed by atoms with Crippen molar-refractivity contribution in [3.63, 3.8) is 0 Å². The molecule has 0 saturated heterocycles. The van der Waals surface area contributed by atoms with Crippen LogP contribution in [0.3, 0.4) is 0 Å². The molecule has 0 aliphatic carbocycles. The topological polar surface area (TPSA) is 86.8 Å². The zero-order valence-corrected chi connectivity index (χ0v) is 14.5. The molecule has 2 aliphatic heterocycles. The van der Waals surface area contributed by atoms with Crippen LogP contribution in [0.1, 0.15) is 41.4 Å². The molecule has 0 bridgehead atoms. The van der Waals surface area contributed by atoms with Crippen LogP contribution in [0.15, 0.2) is 48.5 Å². The van der Waals surface area contributed by atoms with E-state index in [0.717, 1.165) is 0 Å². The molecule has 7 heteroatoms. The summed E-state index contributed by atoms with van der Waals surface area (Å²) in [5.74, 6) is -1.18. The number of amides is 4. The van der Waals surface area contributed by atoms with Crippen LogP contribution in [0.2, 0.25) is 0 Å². The lowest BCUT2D eigenvalue weighted by Gasteiger charge is -2.16. The van der Waals surface area contributed by atoms with Gasteiger partial charge in [-0.25, -0.2) is 0 Å². The van der Waals surface area contributed by atoms with E-state index < -0.39 is 0 Å². The summed E-state index contributed by atoms with van der Waals surface area (Å²) in [7, 11) is 0. The van der Waals surface area contributed by atoms with E-state index in [4.69, 9.17) is 0 Å². The number of fused-ring (bicyclic) bond motifs is 2. The number of hydrogen-bond donors (Lipinski definition) is 1. The Morgan fingerprint density at radius 3 is 1.15 bits per heavy atom. The highest BCUT2D eigenvalue weighted by Gasteiger charge is 2.35. The average molecular weight is 363 g/mol. The third-order valence-electron chi connectivity index (χ3n) is 4.78. The van der Waals surface area contributed by atoms with Gasteiger partial charge in [0.25, 0.3) is 23.6 Å². The Morgan fingerprint density at radius 2 is 0.852 bits per heavy atom. The largest absolute Gasteiger partial charge is 0.313 e. The maximum Gasteiger partial charge on any atom is 0.261 e. The van der Waals surface area contributed by atoms with Gasteiger partial charge < -0.3 is 5.32 Å². The molecular weight excluding hydrogens is 346 g/mol. The van der Waals surface area contributed by atoms with E-state index in [-0.39, 0.29) is 36.7 Å². The molecule has 2 aromatic carbocycles. The maximum atomic E-state index is 12.3. The van der Waals surface area contributed by atoms with Crippen molar-refractivity contribution >= 4 is 23.6 Å². The van der Waals surface area contributed by atoms with Crippen LogP contribution in [0.5, 0.6) is 0 Å². The number of nitrogens with zero attached hydrogens (tertiary/aromatic N) is 2. The smallest absolute Gasteiger partial charge is 0.261 e. The summed E-state index contributed by atoms with van der Waals surface area (Å²) in [6.45, 7) is 1.23. The molecule has 0 unspecified atom stereocenters. The monoisotopic (exact) mass is 363 g/mol. The molecule has 1 N–H and O–H groups in total. The molecule has 2 aromatic rings. The van der Waals surface area contributed by atoms with Gasteiger partial charge in [-0.15, -0.1) is 0 Å². The van der Waals surface area contributed by atoms with Gasteiger partial charge in [0, 0.05) is 26.2 Å². The highest BCUT2D eigenvalue weighted by molar-refractivity contribution is 6.22. The van der Waals surface area contributed by atoms with Gasteiger partial charge in [0.1, 0.15) is 0 Å². The minimum atomic E-state index is -0.294. The summed E-state index contributed by atoms with van der Waals surface area (Å²) < 4.78 is 0. The molecule has 2 aliphatic rings. The van der Waals surface area contributed by atoms with Gasteiger partial charge in [-0.2, -0.15) is 0 Å². The lowest BCUT2D eigenvalue weighted by atomic mass is 10.1. The number of benzene rings is 2. The van der Waals surface area contributed by atoms with E-state index in [1.165, 1.54) is 9.80 Å². The van der Waals surface area contributed by atoms with Crippen molar-refractivity contribution in [2.75, 3.05) is 26.2 Å². The number of rotatable bonds is 6. The summed E-state index contributed by atoms with van der Waals surface area (Å²) >= 11 is 0. The molecule has 27 heavy (non-hydrogen) atoms. The molecule has 0 radical (unpaired) electrons. The highest BCUT2D eigenvalue weighted by atomic mass is 16.2. The Labute approximate surface area is 155 Å². The summed E-state index contributed by atoms with van der Waals surface area (Å²) in [5, 5.41) is 3.08. The third-order valence-corrected chi connectivity index (χ3v) is 4.78. The fraction of sp³-hybridized carbons (Fsp3) is 0.200. The standard InChI is InChI=1S/C20H17N3O4/c24-17-13-5-1-2-6-14(13)18(25)22(17)11-9-21-10-12-23-19(26)15-7-3-4-8-16(15)20(23)27/h1-8,21H,9-12H2. The van der Waals surface area contributed by atoms with Gasteiger partial charge in [0.15, 0.2) is 0 Å². The second-order valence-corrected chi connectivity index (χ2v) is 6.37. The quantitative estimate of drug-likeness (QED) is 0.615. The third kappa shape index (κ3) is 2.82. The van der Waals surface area contributed by atoms with Crippen molar-refractivity contribution in [2.24, 2.45) is 0 Å². The first-order chi connectivity index (χ1) is 13.1. The predicted molar refractivity (Wildman–Crippen MR) is 96.5 cm³/mol. The number of hydrogen-bond acceptors (Lipinski definition) is 5. The van der Waals surface area contributed by atoms with E-state index in [1.807, 2.05) is 0 Å². The first kappa shape index (κ1) is 17.1. The SMILES string of the molecule is O=C1c2ccccc2C(=O)N1CCNCCN1C(=O)c2ccccc2C1=O. The van der Waals surface area contributed by atoms with E-state index in [0.29, 0.717) is 35.3 Å². The van der Waals surface area contributed by atoms with Crippen LogP contribution in [0, 0.1) is 0 Å². The second kappa shape index (κ2) is 6.77. The lowest BCUT2D eigenvalue weighted by Crippen LogP contribution is -2.40. The van der Waals surface area contributed by atoms with Crippen LogP contribution >= 0.6 is 0 Å². The normalized spacial score (nSPS) is 15.6. The van der Waals surface area contributed by atoms with Crippen LogP contribution in [0.25, 0.3) is 0 Å². The molecule has 7 nitrogen and oxygen atoms in total. The Kier molecular flexibility index (Phi) is 4.29. The Morgan fingerprint density at radius 1 is 0.556 bits per heavy atom. The van der Waals surface area contributed by atoms with Gasteiger partial charge in [-0.3, -0.25) is 29.0 Å². The second-order valence-electron chi connectivity index (χ2n) is 6.37. The van der Waals surface area contributed by atoms with Gasteiger partial charge in [0.2, 0.25) is 0 Å². The summed E-state index contributed by atoms with van der Waals surface area (Å²) in [5.41, 5.74) is 1.70. The van der Waals surface area contributed by atoms with Crippen molar-refractivity contribution < 1.29 is 19.2 Å². The number of carbonyl (C=O) groups is 4. The summed E-state index contributed by atoms with van der Waals surface area (Å²) in [4.78, 5) is 51.5. The zero-order chi connectivity index (χ0) is 19.0. The Balaban J connectivity index is 1.28. The zero-order valence-electron chi connectivity index (χ0n) is 14.5. The lowest BCUT2D eigenvalue weighted by molar-refractivity contribution is 0.0650. The first-order valence-corrected chi connectivity index (χ1v) is 8.71. The van der Waals surface area contributed by atoms with Crippen LogP contribution < -0.4 is 5.32 Å². The molecule has 0 aromatic heterocycles. The maximum absolute atomic E-state index is 12.3. The van der Waals surface area contributed by atoms with Crippen molar-refractivity contribution in [3.8, 4) is 0 Å². The van der Waals surface area contributed by atoms with Crippen LogP contribution in [-0.4, -0.2) is 59.6 Å². The van der Waals surface area contributed by atoms with Gasteiger partial charge in [0.05, 0.1) is 22.3 Å². The van der Waals surface area contributed by atoms with Crippen molar-refractivity contribution in [1.82, 2.24) is 15.1 Å². The molecule has 4 amide bonds. The molecular formula is C20H17N3O4. The average Bonchev–Trinajstić information content (AvgIpc) is 3.08.